The van der Waals surface area contributed by atoms with Gasteiger partial charge in [-0.1, -0.05) is 6.07 Å². The number of amides is 1. The first kappa shape index (κ1) is 21.0. The van der Waals surface area contributed by atoms with Crippen LogP contribution in [0.15, 0.2) is 30.3 Å². The molecule has 158 valence electrons. The maximum Gasteiger partial charge on any atom is 0.286 e. The summed E-state index contributed by atoms with van der Waals surface area (Å²) in [6.45, 7) is 0.655. The summed E-state index contributed by atoms with van der Waals surface area (Å²) >= 11 is 0. The Hall–Kier alpha value is -3.73. The smallest absolute Gasteiger partial charge is 0.286 e. The van der Waals surface area contributed by atoms with Gasteiger partial charge in [-0.2, -0.15) is 0 Å². The van der Waals surface area contributed by atoms with Gasteiger partial charge in [-0.25, -0.2) is 0 Å². The number of carbonyl (C=O) groups excluding carboxylic acids is 1. The Bertz CT molecular complexity index is 1010. The van der Waals surface area contributed by atoms with Crippen LogP contribution in [-0.4, -0.2) is 49.7 Å². The van der Waals surface area contributed by atoms with E-state index in [1.54, 1.807) is 6.07 Å². The second kappa shape index (κ2) is 8.74. The van der Waals surface area contributed by atoms with Crippen LogP contribution in [0.1, 0.15) is 15.9 Å². The van der Waals surface area contributed by atoms with Crippen LogP contribution in [-0.2, 0) is 11.2 Å². The number of nitro groups is 2. The average Bonchev–Trinajstić information content (AvgIpc) is 3.16. The fraction of sp³-hybridized carbons (Fsp3) is 0.316. The standard InChI is InChI=1S/C19H19N3O8/c1-28-7-8-30-18-11-16(22(26)27)14(10-17(18)29-2)19(23)20-6-5-12-3-4-13(21(24)25)9-15(12)20/h3-4,9-11H,5-8H2,1-2H3. The Kier molecular flexibility index (Phi) is 6.11. The van der Waals surface area contributed by atoms with Gasteiger partial charge < -0.3 is 19.1 Å². The van der Waals surface area contributed by atoms with Gasteiger partial charge in [-0.3, -0.25) is 25.0 Å². The number of anilines is 1. The maximum atomic E-state index is 13.2. The molecule has 0 saturated carbocycles. The molecule has 30 heavy (non-hydrogen) atoms. The molecule has 11 nitrogen and oxygen atoms in total. The number of rotatable bonds is 8. The number of carbonyl (C=O) groups is 1. The maximum absolute atomic E-state index is 13.2. The highest BCUT2D eigenvalue weighted by Gasteiger charge is 2.33. The van der Waals surface area contributed by atoms with Gasteiger partial charge in [0.1, 0.15) is 12.2 Å². The molecule has 2 aromatic carbocycles. The number of hydrogen-bond donors (Lipinski definition) is 0. The van der Waals surface area contributed by atoms with Crippen LogP contribution in [0.5, 0.6) is 11.5 Å². The van der Waals surface area contributed by atoms with E-state index >= 15 is 0 Å². The number of non-ortho nitro benzene ring substituents is 1. The normalized spacial score (nSPS) is 12.4. The largest absolute Gasteiger partial charge is 0.493 e. The first-order valence-corrected chi connectivity index (χ1v) is 8.94. The van der Waals surface area contributed by atoms with Gasteiger partial charge in [0, 0.05) is 31.9 Å². The Morgan fingerprint density at radius 3 is 2.47 bits per heavy atom. The first-order chi connectivity index (χ1) is 14.4. The number of fused-ring (bicyclic) bond motifs is 1. The predicted octanol–water partition coefficient (Wildman–Crippen LogP) is 2.74. The van der Waals surface area contributed by atoms with E-state index in [1.807, 2.05) is 0 Å². The quantitative estimate of drug-likeness (QED) is 0.363. The lowest BCUT2D eigenvalue weighted by Crippen LogP contribution is -2.29. The van der Waals surface area contributed by atoms with Gasteiger partial charge in [0.05, 0.1) is 35.3 Å². The molecular formula is C19H19N3O8. The van der Waals surface area contributed by atoms with Crippen LogP contribution in [0.4, 0.5) is 17.1 Å². The number of methoxy groups -OCH3 is 2. The third-order valence-electron chi connectivity index (χ3n) is 4.67. The van der Waals surface area contributed by atoms with Crippen LogP contribution >= 0.6 is 0 Å². The fourth-order valence-corrected chi connectivity index (χ4v) is 3.22. The topological polar surface area (TPSA) is 134 Å². The molecule has 1 aliphatic rings. The lowest BCUT2D eigenvalue weighted by molar-refractivity contribution is -0.385. The molecule has 0 bridgehead atoms. The molecule has 3 rings (SSSR count). The fourth-order valence-electron chi connectivity index (χ4n) is 3.22. The van der Waals surface area contributed by atoms with E-state index < -0.39 is 21.4 Å². The third-order valence-corrected chi connectivity index (χ3v) is 4.67. The highest BCUT2D eigenvalue weighted by molar-refractivity contribution is 6.10. The van der Waals surface area contributed by atoms with E-state index in [2.05, 4.69) is 0 Å². The summed E-state index contributed by atoms with van der Waals surface area (Å²) in [6, 6.07) is 6.63. The zero-order valence-corrected chi connectivity index (χ0v) is 16.3. The predicted molar refractivity (Wildman–Crippen MR) is 105 cm³/mol. The van der Waals surface area contributed by atoms with Gasteiger partial charge in [0.2, 0.25) is 0 Å². The Morgan fingerprint density at radius 2 is 1.83 bits per heavy atom. The van der Waals surface area contributed by atoms with Crippen LogP contribution in [0, 0.1) is 20.2 Å². The molecule has 0 fully saturated rings. The molecule has 0 spiro atoms. The molecule has 0 N–H and O–H groups in total. The van der Waals surface area contributed by atoms with E-state index in [-0.39, 0.29) is 42.5 Å². The van der Waals surface area contributed by atoms with E-state index in [4.69, 9.17) is 14.2 Å². The van der Waals surface area contributed by atoms with Crippen LogP contribution in [0.3, 0.4) is 0 Å². The van der Waals surface area contributed by atoms with E-state index in [9.17, 15) is 25.0 Å². The number of hydrogen-bond acceptors (Lipinski definition) is 8. The van der Waals surface area contributed by atoms with Crippen LogP contribution < -0.4 is 14.4 Å². The summed E-state index contributed by atoms with van der Waals surface area (Å²) in [5.41, 5.74) is 0.302. The van der Waals surface area contributed by atoms with Crippen molar-refractivity contribution in [1.29, 1.82) is 0 Å². The molecule has 2 aromatic rings. The second-order valence-electron chi connectivity index (χ2n) is 6.40. The highest BCUT2D eigenvalue weighted by atomic mass is 16.6. The molecule has 0 aliphatic carbocycles. The van der Waals surface area contributed by atoms with E-state index in [0.717, 1.165) is 11.6 Å². The Balaban J connectivity index is 2.01. The van der Waals surface area contributed by atoms with Crippen molar-refractivity contribution in [3.8, 4) is 11.5 Å². The minimum atomic E-state index is -0.680. The molecule has 0 atom stereocenters. The van der Waals surface area contributed by atoms with Gasteiger partial charge in [-0.05, 0) is 12.0 Å². The van der Waals surface area contributed by atoms with Crippen LogP contribution in [0.25, 0.3) is 0 Å². The number of nitro benzene ring substituents is 2. The van der Waals surface area contributed by atoms with Crippen molar-refractivity contribution in [3.63, 3.8) is 0 Å². The van der Waals surface area contributed by atoms with Crippen molar-refractivity contribution >= 4 is 23.0 Å². The SMILES string of the molecule is COCCOc1cc([N+](=O)[O-])c(C(=O)N2CCc3ccc([N+](=O)[O-])cc32)cc1OC. The number of nitrogens with zero attached hydrogens (tertiary/aromatic N) is 3. The number of ether oxygens (including phenoxy) is 3. The van der Waals surface area contributed by atoms with Gasteiger partial charge in [0.25, 0.3) is 17.3 Å². The minimum absolute atomic E-state index is 0.107. The van der Waals surface area contributed by atoms with Crippen LogP contribution in [0.2, 0.25) is 0 Å². The van der Waals surface area contributed by atoms with Crippen molar-refractivity contribution in [1.82, 2.24) is 0 Å². The zero-order valence-electron chi connectivity index (χ0n) is 16.3. The minimum Gasteiger partial charge on any atom is -0.493 e. The van der Waals surface area contributed by atoms with Crippen molar-refractivity contribution < 1.29 is 28.9 Å². The van der Waals surface area contributed by atoms with Gasteiger partial charge in [-0.15, -0.1) is 0 Å². The Labute approximate surface area is 171 Å². The van der Waals surface area contributed by atoms with Crippen molar-refractivity contribution in [3.05, 3.63) is 61.7 Å². The summed E-state index contributed by atoms with van der Waals surface area (Å²) in [7, 11) is 2.84. The third kappa shape index (κ3) is 4.01. The number of benzene rings is 2. The monoisotopic (exact) mass is 417 g/mol. The lowest BCUT2D eigenvalue weighted by Gasteiger charge is -2.18. The first-order valence-electron chi connectivity index (χ1n) is 8.94. The molecule has 0 radical (unpaired) electrons. The summed E-state index contributed by atoms with van der Waals surface area (Å²) < 4.78 is 15.6. The summed E-state index contributed by atoms with van der Waals surface area (Å²) in [5, 5.41) is 22.7. The molecule has 0 saturated heterocycles. The Morgan fingerprint density at radius 1 is 1.07 bits per heavy atom. The molecule has 1 amide bonds. The van der Waals surface area contributed by atoms with E-state index in [0.29, 0.717) is 12.1 Å². The zero-order chi connectivity index (χ0) is 21.8. The summed E-state index contributed by atoms with van der Waals surface area (Å²) in [6.07, 6.45) is 0.488. The molecular weight excluding hydrogens is 398 g/mol. The lowest BCUT2D eigenvalue weighted by atomic mass is 10.1. The molecule has 1 heterocycles. The second-order valence-corrected chi connectivity index (χ2v) is 6.40. The van der Waals surface area contributed by atoms with Gasteiger partial charge >= 0.3 is 0 Å². The molecule has 0 aromatic heterocycles. The van der Waals surface area contributed by atoms with E-state index in [1.165, 1.54) is 37.3 Å². The van der Waals surface area contributed by atoms with Crippen molar-refractivity contribution in [2.45, 2.75) is 6.42 Å². The van der Waals surface area contributed by atoms with Gasteiger partial charge in [0.15, 0.2) is 11.5 Å². The average molecular weight is 417 g/mol. The molecule has 0 unspecified atom stereocenters. The van der Waals surface area contributed by atoms with Crippen molar-refractivity contribution in [2.75, 3.05) is 38.9 Å². The summed E-state index contributed by atoms with van der Waals surface area (Å²) in [5.74, 6) is -0.392. The van der Waals surface area contributed by atoms with Crippen molar-refractivity contribution in [2.24, 2.45) is 0 Å². The molecule has 1 aliphatic heterocycles. The summed E-state index contributed by atoms with van der Waals surface area (Å²) in [4.78, 5) is 36.0. The molecule has 11 heteroatoms. The highest BCUT2D eigenvalue weighted by Crippen LogP contribution is 2.38.